The van der Waals surface area contributed by atoms with E-state index in [1.165, 1.54) is 11.8 Å². The van der Waals surface area contributed by atoms with Gasteiger partial charge in [0.25, 0.3) is 0 Å². The summed E-state index contributed by atoms with van der Waals surface area (Å²) in [4.78, 5) is 39.3. The number of anilines is 2. The average Bonchev–Trinajstić information content (AvgIpc) is 3.02. The van der Waals surface area contributed by atoms with Gasteiger partial charge in [0, 0.05) is 53.5 Å². The molecule has 0 radical (unpaired) electrons. The minimum atomic E-state index is -0.582. The van der Waals surface area contributed by atoms with E-state index in [0.717, 1.165) is 47.3 Å². The van der Waals surface area contributed by atoms with Crippen LogP contribution < -0.4 is 20.3 Å². The second-order valence-corrected chi connectivity index (χ2v) is 12.8. The highest BCUT2D eigenvalue weighted by molar-refractivity contribution is 8.00. The smallest absolute Gasteiger partial charge is 0.234 e. The molecular formula is C34H38ClN5O3S. The number of ether oxygens (including phenoxy) is 1. The van der Waals surface area contributed by atoms with Crippen LogP contribution in [0.15, 0.2) is 77.7 Å². The maximum absolute atomic E-state index is 13.6. The van der Waals surface area contributed by atoms with Crippen LogP contribution in [0, 0.1) is 0 Å². The topological polar surface area (TPSA) is 96.5 Å². The molecule has 0 bridgehead atoms. The number of carbonyl (C=O) groups is 2. The molecule has 0 saturated heterocycles. The lowest BCUT2D eigenvalue weighted by atomic mass is 9.91. The number of fused-ring (bicyclic) bond motifs is 1. The second kappa shape index (κ2) is 14.8. The van der Waals surface area contributed by atoms with E-state index >= 15 is 0 Å². The van der Waals surface area contributed by atoms with E-state index in [-0.39, 0.29) is 30.2 Å². The zero-order chi connectivity index (χ0) is 31.1. The van der Waals surface area contributed by atoms with E-state index in [1.54, 1.807) is 36.4 Å². The van der Waals surface area contributed by atoms with Crippen LogP contribution in [0.4, 0.5) is 11.8 Å². The Morgan fingerprint density at radius 3 is 2.32 bits per heavy atom. The number of nitrogens with one attached hydrogen (secondary N) is 2. The third kappa shape index (κ3) is 8.21. The number of para-hydroxylation sites is 1. The van der Waals surface area contributed by atoms with Gasteiger partial charge in [0.2, 0.25) is 11.9 Å². The quantitative estimate of drug-likeness (QED) is 0.127. The van der Waals surface area contributed by atoms with Gasteiger partial charge in [-0.25, -0.2) is 4.98 Å². The van der Waals surface area contributed by atoms with Gasteiger partial charge in [0.15, 0.2) is 5.78 Å². The van der Waals surface area contributed by atoms with Gasteiger partial charge in [-0.2, -0.15) is 4.98 Å². The predicted molar refractivity (Wildman–Crippen MR) is 179 cm³/mol. The normalized spacial score (nSPS) is 17.1. The Bertz CT molecular complexity index is 1570. The number of amides is 1. The Morgan fingerprint density at radius 1 is 0.955 bits per heavy atom. The first-order chi connectivity index (χ1) is 21.3. The number of nitrogens with zero attached hydrogens (tertiary/aromatic N) is 3. The number of aromatic nitrogens is 2. The fourth-order valence-corrected chi connectivity index (χ4v) is 6.54. The van der Waals surface area contributed by atoms with Crippen LogP contribution in [-0.4, -0.2) is 59.7 Å². The molecule has 1 aliphatic carbocycles. The van der Waals surface area contributed by atoms with Gasteiger partial charge in [-0.15, -0.1) is 11.8 Å². The highest BCUT2D eigenvalue weighted by Gasteiger charge is 2.29. The van der Waals surface area contributed by atoms with Gasteiger partial charge in [-0.05, 0) is 93.3 Å². The molecule has 44 heavy (non-hydrogen) atoms. The molecule has 4 aromatic rings. The molecule has 1 fully saturated rings. The standard InChI is InChI=1S/C34H38ClN5O3S/c1-4-43-26-17-9-22(10-18-26)30(41)21-31(44-27-19-11-23(35)12-20-27)33(42)36-24-13-15-25(16-14-24)37-34-38-29-8-6-5-7-28(29)32(39-34)40(2)3/h5-12,17-20,24-25,31H,4,13-16,21H2,1-3H3,(H,36,42)(H,37,38,39). The number of thioether (sulfide) groups is 1. The lowest BCUT2D eigenvalue weighted by molar-refractivity contribution is -0.121. The van der Waals surface area contributed by atoms with Crippen LogP contribution in [0.5, 0.6) is 5.75 Å². The summed E-state index contributed by atoms with van der Waals surface area (Å²) in [6.45, 7) is 2.47. The number of hydrogen-bond acceptors (Lipinski definition) is 8. The maximum Gasteiger partial charge on any atom is 0.234 e. The molecule has 10 heteroatoms. The van der Waals surface area contributed by atoms with E-state index in [9.17, 15) is 9.59 Å². The summed E-state index contributed by atoms with van der Waals surface area (Å²) in [5, 5.41) is 7.83. The van der Waals surface area contributed by atoms with Crippen LogP contribution in [-0.2, 0) is 4.79 Å². The van der Waals surface area contributed by atoms with Crippen molar-refractivity contribution in [1.29, 1.82) is 0 Å². The molecule has 0 spiro atoms. The van der Waals surface area contributed by atoms with Gasteiger partial charge in [0.05, 0.1) is 17.4 Å². The van der Waals surface area contributed by atoms with Gasteiger partial charge in [-0.3, -0.25) is 9.59 Å². The summed E-state index contributed by atoms with van der Waals surface area (Å²) >= 11 is 7.47. The van der Waals surface area contributed by atoms with Gasteiger partial charge in [0.1, 0.15) is 11.6 Å². The van der Waals surface area contributed by atoms with Crippen molar-refractivity contribution >= 4 is 57.7 Å². The Hall–Kier alpha value is -3.82. The molecule has 3 aromatic carbocycles. The first-order valence-electron chi connectivity index (χ1n) is 15.0. The molecule has 1 aromatic heterocycles. The highest BCUT2D eigenvalue weighted by atomic mass is 35.5. The van der Waals surface area contributed by atoms with Crippen LogP contribution in [0.1, 0.15) is 49.4 Å². The average molecular weight is 632 g/mol. The number of hydrogen-bond donors (Lipinski definition) is 2. The van der Waals surface area contributed by atoms with E-state index < -0.39 is 5.25 Å². The van der Waals surface area contributed by atoms with Crippen LogP contribution in [0.2, 0.25) is 5.02 Å². The minimum Gasteiger partial charge on any atom is -0.494 e. The monoisotopic (exact) mass is 631 g/mol. The summed E-state index contributed by atoms with van der Waals surface area (Å²) in [5.74, 6) is 1.99. The summed E-state index contributed by atoms with van der Waals surface area (Å²) < 4.78 is 5.50. The van der Waals surface area contributed by atoms with Crippen molar-refractivity contribution in [1.82, 2.24) is 15.3 Å². The fraction of sp³-hybridized carbons (Fsp3) is 0.353. The Labute approximate surface area is 267 Å². The number of benzene rings is 3. The third-order valence-electron chi connectivity index (χ3n) is 7.66. The molecule has 8 nitrogen and oxygen atoms in total. The van der Waals surface area contributed by atoms with Crippen LogP contribution in [0.3, 0.4) is 0 Å². The molecule has 5 rings (SSSR count). The zero-order valence-electron chi connectivity index (χ0n) is 25.3. The van der Waals surface area contributed by atoms with E-state index in [4.69, 9.17) is 26.3 Å². The van der Waals surface area contributed by atoms with Crippen molar-refractivity contribution in [3.63, 3.8) is 0 Å². The Kier molecular flexibility index (Phi) is 10.6. The van der Waals surface area contributed by atoms with Gasteiger partial charge in [-0.1, -0.05) is 23.7 Å². The van der Waals surface area contributed by atoms with Gasteiger partial charge >= 0.3 is 0 Å². The molecule has 1 amide bonds. The molecule has 2 N–H and O–H groups in total. The number of rotatable bonds is 12. The van der Waals surface area contributed by atoms with Crippen molar-refractivity contribution < 1.29 is 14.3 Å². The van der Waals surface area contributed by atoms with Crippen molar-refractivity contribution in [3.05, 3.63) is 83.4 Å². The highest BCUT2D eigenvalue weighted by Crippen LogP contribution is 2.30. The Balaban J connectivity index is 1.21. The lowest BCUT2D eigenvalue weighted by Crippen LogP contribution is -2.44. The van der Waals surface area contributed by atoms with Crippen LogP contribution >= 0.6 is 23.4 Å². The molecule has 0 aliphatic heterocycles. The number of ketones is 1. The van der Waals surface area contributed by atoms with E-state index in [0.29, 0.717) is 28.9 Å². The number of halogens is 1. The van der Waals surface area contributed by atoms with E-state index in [1.807, 2.05) is 62.3 Å². The molecular weight excluding hydrogens is 594 g/mol. The number of carbonyl (C=O) groups excluding carboxylic acids is 2. The summed E-state index contributed by atoms with van der Waals surface area (Å²) in [6, 6.07) is 22.7. The fourth-order valence-electron chi connectivity index (χ4n) is 5.38. The molecule has 1 unspecified atom stereocenters. The maximum atomic E-state index is 13.6. The molecule has 230 valence electrons. The first-order valence-corrected chi connectivity index (χ1v) is 16.2. The first kappa shape index (κ1) is 31.6. The Morgan fingerprint density at radius 2 is 1.64 bits per heavy atom. The molecule has 1 heterocycles. The zero-order valence-corrected chi connectivity index (χ0v) is 26.8. The van der Waals surface area contributed by atoms with E-state index in [2.05, 4.69) is 10.6 Å². The molecule has 1 saturated carbocycles. The van der Waals surface area contributed by atoms with Gasteiger partial charge < -0.3 is 20.3 Å². The predicted octanol–water partition coefficient (Wildman–Crippen LogP) is 7.02. The number of Topliss-reactive ketones (excluding diaryl/α,β-unsaturated/α-hetero) is 1. The SMILES string of the molecule is CCOc1ccc(C(=O)CC(Sc2ccc(Cl)cc2)C(=O)NC2CCC(Nc3nc(N(C)C)c4ccccc4n3)CC2)cc1. The summed E-state index contributed by atoms with van der Waals surface area (Å²) in [7, 11) is 3.97. The van der Waals surface area contributed by atoms with Crippen molar-refractivity contribution in [2.24, 2.45) is 0 Å². The second-order valence-electron chi connectivity index (χ2n) is 11.1. The minimum absolute atomic E-state index is 0.0318. The summed E-state index contributed by atoms with van der Waals surface area (Å²) in [6.07, 6.45) is 3.47. The van der Waals surface area contributed by atoms with Crippen molar-refractivity contribution in [2.75, 3.05) is 30.9 Å². The largest absolute Gasteiger partial charge is 0.494 e. The molecule has 1 aliphatic rings. The van der Waals surface area contributed by atoms with Crippen molar-refractivity contribution in [3.8, 4) is 5.75 Å². The van der Waals surface area contributed by atoms with Crippen molar-refractivity contribution in [2.45, 2.75) is 61.3 Å². The summed E-state index contributed by atoms with van der Waals surface area (Å²) in [5.41, 5.74) is 1.46. The third-order valence-corrected chi connectivity index (χ3v) is 9.12. The lowest BCUT2D eigenvalue weighted by Gasteiger charge is -2.31. The van der Waals surface area contributed by atoms with Crippen LogP contribution in [0.25, 0.3) is 10.9 Å². The molecule has 1 atom stereocenters.